The molecule has 1 aliphatic carbocycles. The molecule has 2 amide bonds. The average Bonchev–Trinajstić information content (AvgIpc) is 3.59. The van der Waals surface area contributed by atoms with Gasteiger partial charge in [-0.05, 0) is 65.9 Å². The third kappa shape index (κ3) is 9.75. The third-order valence-electron chi connectivity index (χ3n) is 8.36. The SMILES string of the molecule is CS(=O)(=O)N(CC(=O)N(Cc1ccc(Cl)c(Cl)c1)[C@@H](Cc1ccccc1)C(=O)NC1CCCC1)c1ccc(OCc2ccccc2)cc1. The summed E-state index contributed by atoms with van der Waals surface area (Å²) in [5.41, 5.74) is 2.80. The van der Waals surface area contributed by atoms with Crippen LogP contribution < -0.4 is 14.4 Å². The highest BCUT2D eigenvalue weighted by Gasteiger charge is 2.34. The topological polar surface area (TPSA) is 96.0 Å². The van der Waals surface area contributed by atoms with E-state index in [-0.39, 0.29) is 24.9 Å². The van der Waals surface area contributed by atoms with Gasteiger partial charge in [0.25, 0.3) is 0 Å². The minimum Gasteiger partial charge on any atom is -0.489 e. The lowest BCUT2D eigenvalue weighted by atomic mass is 10.0. The standard InChI is InChI=1S/C37H39Cl2N3O5S/c1-48(45,46)42(31-17-19-32(20-18-31)47-26-28-12-6-3-7-13-28)25-36(43)41(24-29-16-21-33(38)34(39)22-29)35(23-27-10-4-2-5-11-27)37(44)40-30-14-8-9-15-30/h2-7,10-13,16-22,30,35H,8-9,14-15,23-26H2,1H3,(H,40,44)/t35-/m0/s1. The van der Waals surface area contributed by atoms with E-state index in [9.17, 15) is 18.0 Å². The summed E-state index contributed by atoms with van der Waals surface area (Å²) in [7, 11) is -3.92. The molecule has 0 radical (unpaired) electrons. The molecule has 48 heavy (non-hydrogen) atoms. The molecule has 1 aliphatic rings. The van der Waals surface area contributed by atoms with Crippen LogP contribution in [0.15, 0.2) is 103 Å². The Morgan fingerprint density at radius 1 is 0.833 bits per heavy atom. The van der Waals surface area contributed by atoms with Crippen molar-refractivity contribution < 1.29 is 22.7 Å². The Labute approximate surface area is 292 Å². The zero-order chi connectivity index (χ0) is 34.1. The highest BCUT2D eigenvalue weighted by molar-refractivity contribution is 7.92. The first-order valence-electron chi connectivity index (χ1n) is 15.9. The number of rotatable bonds is 14. The van der Waals surface area contributed by atoms with Gasteiger partial charge in [-0.15, -0.1) is 0 Å². The van der Waals surface area contributed by atoms with Crippen molar-refractivity contribution in [3.05, 3.63) is 130 Å². The summed E-state index contributed by atoms with van der Waals surface area (Å²) in [6.45, 7) is -0.161. The molecule has 11 heteroatoms. The van der Waals surface area contributed by atoms with Gasteiger partial charge in [0.15, 0.2) is 0 Å². The second kappa shape index (κ2) is 16.4. The fourth-order valence-electron chi connectivity index (χ4n) is 5.82. The monoisotopic (exact) mass is 707 g/mol. The number of halogens is 2. The maximum absolute atomic E-state index is 14.4. The summed E-state index contributed by atoms with van der Waals surface area (Å²) in [6.07, 6.45) is 5.09. The third-order valence-corrected chi connectivity index (χ3v) is 10.2. The Morgan fingerprint density at radius 2 is 1.46 bits per heavy atom. The zero-order valence-corrected chi connectivity index (χ0v) is 29.1. The molecular formula is C37H39Cl2N3O5S. The van der Waals surface area contributed by atoms with Crippen LogP contribution in [0.25, 0.3) is 0 Å². The summed E-state index contributed by atoms with van der Waals surface area (Å²) in [4.78, 5) is 29.9. The lowest BCUT2D eigenvalue weighted by Crippen LogP contribution is -2.54. The summed E-state index contributed by atoms with van der Waals surface area (Å²) < 4.78 is 33.3. The number of nitrogens with one attached hydrogen (secondary N) is 1. The number of nitrogens with zero attached hydrogens (tertiary/aromatic N) is 2. The lowest BCUT2D eigenvalue weighted by Gasteiger charge is -2.34. The summed E-state index contributed by atoms with van der Waals surface area (Å²) in [5, 5.41) is 3.83. The second-order valence-corrected chi connectivity index (χ2v) is 14.7. The van der Waals surface area contributed by atoms with Crippen molar-refractivity contribution in [3.8, 4) is 5.75 Å². The smallest absolute Gasteiger partial charge is 0.244 e. The molecule has 0 heterocycles. The van der Waals surface area contributed by atoms with E-state index in [2.05, 4.69) is 5.32 Å². The minimum atomic E-state index is -3.92. The number of benzene rings is 4. The van der Waals surface area contributed by atoms with E-state index in [1.165, 1.54) is 4.90 Å². The summed E-state index contributed by atoms with van der Waals surface area (Å²) >= 11 is 12.5. The molecule has 0 aliphatic heterocycles. The summed E-state index contributed by atoms with van der Waals surface area (Å²) in [5.74, 6) is -0.279. The van der Waals surface area contributed by atoms with Gasteiger partial charge in [-0.1, -0.05) is 103 Å². The van der Waals surface area contributed by atoms with Crippen molar-refractivity contribution in [2.45, 2.75) is 57.3 Å². The number of carbonyl (C=O) groups excluding carboxylic acids is 2. The van der Waals surface area contributed by atoms with Gasteiger partial charge in [0.1, 0.15) is 24.9 Å². The first-order chi connectivity index (χ1) is 23.1. The fraction of sp³-hybridized carbons (Fsp3) is 0.297. The molecule has 4 aromatic carbocycles. The van der Waals surface area contributed by atoms with E-state index in [4.69, 9.17) is 27.9 Å². The van der Waals surface area contributed by atoms with Crippen molar-refractivity contribution in [3.63, 3.8) is 0 Å². The first kappa shape index (κ1) is 35.3. The number of hydrogen-bond donors (Lipinski definition) is 1. The normalized spacial score (nSPS) is 13.9. The predicted molar refractivity (Wildman–Crippen MR) is 191 cm³/mol. The molecule has 4 aromatic rings. The second-order valence-electron chi connectivity index (χ2n) is 12.0. The molecular weight excluding hydrogens is 669 g/mol. The summed E-state index contributed by atoms with van der Waals surface area (Å²) in [6, 6.07) is 29.8. The number of ether oxygens (including phenoxy) is 1. The van der Waals surface area contributed by atoms with Crippen molar-refractivity contribution in [1.82, 2.24) is 10.2 Å². The van der Waals surface area contributed by atoms with E-state index >= 15 is 0 Å². The lowest BCUT2D eigenvalue weighted by molar-refractivity contribution is -0.140. The van der Waals surface area contributed by atoms with Crippen LogP contribution in [-0.2, 0) is 39.2 Å². The Hall–Kier alpha value is -4.05. The van der Waals surface area contributed by atoms with Crippen molar-refractivity contribution in [2.75, 3.05) is 17.1 Å². The highest BCUT2D eigenvalue weighted by atomic mass is 35.5. The number of sulfonamides is 1. The van der Waals surface area contributed by atoms with Gasteiger partial charge in [-0.3, -0.25) is 13.9 Å². The molecule has 0 aromatic heterocycles. The van der Waals surface area contributed by atoms with Gasteiger partial charge in [-0.2, -0.15) is 0 Å². The maximum Gasteiger partial charge on any atom is 0.244 e. The van der Waals surface area contributed by atoms with Gasteiger partial charge >= 0.3 is 0 Å². The van der Waals surface area contributed by atoms with Gasteiger partial charge in [0, 0.05) is 19.0 Å². The average molecular weight is 709 g/mol. The van der Waals surface area contributed by atoms with Gasteiger partial charge in [-0.25, -0.2) is 8.42 Å². The molecule has 1 fully saturated rings. The first-order valence-corrected chi connectivity index (χ1v) is 18.5. The van der Waals surface area contributed by atoms with Crippen LogP contribution in [0.1, 0.15) is 42.4 Å². The minimum absolute atomic E-state index is 0.00910. The largest absolute Gasteiger partial charge is 0.489 e. The molecule has 0 unspecified atom stereocenters. The van der Waals surface area contributed by atoms with Crippen LogP contribution >= 0.6 is 23.2 Å². The quantitative estimate of drug-likeness (QED) is 0.152. The Kier molecular flexibility index (Phi) is 12.0. The van der Waals surface area contributed by atoms with E-state index in [1.807, 2.05) is 60.7 Å². The molecule has 8 nitrogen and oxygen atoms in total. The Morgan fingerprint density at radius 3 is 2.06 bits per heavy atom. The number of anilines is 1. The van der Waals surface area contributed by atoms with Crippen LogP contribution in [-0.4, -0.2) is 50.0 Å². The van der Waals surface area contributed by atoms with Crippen molar-refractivity contribution in [2.24, 2.45) is 0 Å². The highest BCUT2D eigenvalue weighted by Crippen LogP contribution is 2.27. The maximum atomic E-state index is 14.4. The molecule has 5 rings (SSSR count). The number of hydrogen-bond acceptors (Lipinski definition) is 5. The van der Waals surface area contributed by atoms with E-state index in [0.29, 0.717) is 33.7 Å². The Bertz CT molecular complexity index is 1790. The predicted octanol–water partition coefficient (Wildman–Crippen LogP) is 7.04. The molecule has 1 atom stereocenters. The molecule has 1 saturated carbocycles. The molecule has 1 N–H and O–H groups in total. The molecule has 0 bridgehead atoms. The van der Waals surface area contributed by atoms with Crippen LogP contribution in [0.4, 0.5) is 5.69 Å². The van der Waals surface area contributed by atoms with Crippen LogP contribution in [0, 0.1) is 0 Å². The number of amides is 2. The van der Waals surface area contributed by atoms with Gasteiger partial charge in [0.05, 0.1) is 22.0 Å². The molecule has 0 spiro atoms. The van der Waals surface area contributed by atoms with Crippen LogP contribution in [0.3, 0.4) is 0 Å². The number of carbonyl (C=O) groups is 2. The van der Waals surface area contributed by atoms with E-state index in [0.717, 1.165) is 47.4 Å². The van der Waals surface area contributed by atoms with Gasteiger partial charge in [0.2, 0.25) is 21.8 Å². The van der Waals surface area contributed by atoms with Crippen LogP contribution in [0.5, 0.6) is 5.75 Å². The van der Waals surface area contributed by atoms with Gasteiger partial charge < -0.3 is 15.0 Å². The van der Waals surface area contributed by atoms with Crippen LogP contribution in [0.2, 0.25) is 10.0 Å². The fourth-order valence-corrected chi connectivity index (χ4v) is 6.99. The zero-order valence-electron chi connectivity index (χ0n) is 26.7. The Balaban J connectivity index is 1.44. The molecule has 252 valence electrons. The van der Waals surface area contributed by atoms with E-state index in [1.54, 1.807) is 42.5 Å². The van der Waals surface area contributed by atoms with E-state index < -0.39 is 28.5 Å². The van der Waals surface area contributed by atoms with Crippen molar-refractivity contribution >= 4 is 50.7 Å². The van der Waals surface area contributed by atoms with Crippen molar-refractivity contribution in [1.29, 1.82) is 0 Å². The molecule has 0 saturated heterocycles.